The molecule has 5 heterocycles. The van der Waals surface area contributed by atoms with Crippen LogP contribution in [0.2, 0.25) is 0 Å². The lowest BCUT2D eigenvalue weighted by Gasteiger charge is -2.40. The molecular weight excluding hydrogens is 599 g/mol. The molecule has 45 heavy (non-hydrogen) atoms. The van der Waals surface area contributed by atoms with E-state index in [1.807, 2.05) is 23.6 Å². The number of ether oxygens (including phenoxy) is 1. The van der Waals surface area contributed by atoms with Crippen LogP contribution in [-0.2, 0) is 4.79 Å². The van der Waals surface area contributed by atoms with Crippen molar-refractivity contribution in [3.05, 3.63) is 54.1 Å². The Kier molecular flexibility index (Phi) is 8.00. The molecule has 1 aromatic heterocycles. The molecule has 2 atom stereocenters. The third kappa shape index (κ3) is 5.62. The molecule has 14 heteroatoms. The van der Waals surface area contributed by atoms with Crippen LogP contribution >= 0.6 is 0 Å². The highest BCUT2D eigenvalue weighted by molar-refractivity contribution is 6.03. The van der Waals surface area contributed by atoms with E-state index in [2.05, 4.69) is 11.6 Å². The summed E-state index contributed by atoms with van der Waals surface area (Å²) in [6.45, 7) is 8.30. The van der Waals surface area contributed by atoms with E-state index < -0.39 is 35.4 Å². The minimum Gasteiger partial charge on any atom is -0.487 e. The number of carbonyl (C=O) groups is 2. The van der Waals surface area contributed by atoms with Gasteiger partial charge in [0.25, 0.3) is 5.91 Å². The van der Waals surface area contributed by atoms with Crippen molar-refractivity contribution in [2.75, 3.05) is 63.9 Å². The van der Waals surface area contributed by atoms with Crippen LogP contribution in [0, 0.1) is 11.6 Å². The van der Waals surface area contributed by atoms with Gasteiger partial charge in [-0.3, -0.25) is 14.5 Å². The average Bonchev–Trinajstić information content (AvgIpc) is 3.25. The van der Waals surface area contributed by atoms with Crippen molar-refractivity contribution in [2.45, 2.75) is 44.2 Å². The Bertz CT molecular complexity index is 1510. The molecule has 9 nitrogen and oxygen atoms in total. The van der Waals surface area contributed by atoms with Crippen LogP contribution in [0.25, 0.3) is 11.3 Å². The van der Waals surface area contributed by atoms with Crippen LogP contribution in [0.5, 0.6) is 5.75 Å². The van der Waals surface area contributed by atoms with Gasteiger partial charge in [0, 0.05) is 69.5 Å². The van der Waals surface area contributed by atoms with E-state index in [0.717, 1.165) is 0 Å². The molecule has 1 unspecified atom stereocenters. The zero-order valence-electron chi connectivity index (χ0n) is 25.1. The number of nitrogens with zero attached hydrogens (tertiary/aromatic N) is 6. The highest BCUT2D eigenvalue weighted by atomic mass is 19.4. The normalized spacial score (nSPS) is 24.2. The molecule has 242 valence electrons. The van der Waals surface area contributed by atoms with E-state index in [0.29, 0.717) is 17.9 Å². The third-order valence-electron chi connectivity index (χ3n) is 9.37. The second kappa shape index (κ2) is 11.5. The van der Waals surface area contributed by atoms with Crippen molar-refractivity contribution in [2.24, 2.45) is 0 Å². The Morgan fingerprint density at radius 3 is 2.42 bits per heavy atom. The maximum absolute atomic E-state index is 16.3. The lowest BCUT2D eigenvalue weighted by atomic mass is 9.98. The quantitative estimate of drug-likeness (QED) is 0.288. The van der Waals surface area contributed by atoms with Gasteiger partial charge in [0.2, 0.25) is 5.91 Å². The number of amides is 2. The molecule has 2 amide bonds. The molecule has 6 rings (SSSR count). The summed E-state index contributed by atoms with van der Waals surface area (Å²) in [5.74, 6) is -2.69. The van der Waals surface area contributed by atoms with Gasteiger partial charge in [0.05, 0.1) is 6.04 Å². The first-order valence-electron chi connectivity index (χ1n) is 15.0. The second-order valence-corrected chi connectivity index (χ2v) is 12.5. The minimum absolute atomic E-state index is 0.0887. The molecule has 4 aliphatic rings. The number of halogens is 5. The van der Waals surface area contributed by atoms with E-state index in [9.17, 15) is 22.8 Å². The van der Waals surface area contributed by atoms with Gasteiger partial charge in [-0.25, -0.2) is 18.7 Å². The number of benzene rings is 1. The molecule has 0 radical (unpaired) electrons. The number of carbonyl (C=O) groups excluding carboxylic acids is 2. The number of fused-ring (bicyclic) bond motifs is 2. The molecule has 3 saturated heterocycles. The molecule has 0 N–H and O–H groups in total. The topological polar surface area (TPSA) is 72.5 Å². The number of aromatic nitrogens is 1. The van der Waals surface area contributed by atoms with Crippen LogP contribution in [-0.4, -0.2) is 119 Å². The van der Waals surface area contributed by atoms with Crippen LogP contribution in [0.15, 0.2) is 36.9 Å². The maximum atomic E-state index is 16.3. The van der Waals surface area contributed by atoms with Crippen molar-refractivity contribution >= 4 is 17.6 Å². The Hall–Kier alpha value is -3.78. The number of rotatable bonds is 4. The molecule has 0 aliphatic carbocycles. The number of piperazine rings is 2. The van der Waals surface area contributed by atoms with Crippen molar-refractivity contribution < 1.29 is 36.3 Å². The van der Waals surface area contributed by atoms with Gasteiger partial charge in [-0.15, -0.1) is 0 Å². The summed E-state index contributed by atoms with van der Waals surface area (Å²) in [6.07, 6.45) is -2.66. The van der Waals surface area contributed by atoms with Gasteiger partial charge in [-0.2, -0.15) is 13.2 Å². The maximum Gasteiger partial charge on any atom is 0.460 e. The summed E-state index contributed by atoms with van der Waals surface area (Å²) in [5, 5.41) is 0. The third-order valence-corrected chi connectivity index (χ3v) is 9.37. The fraction of sp³-hybridized carbons (Fsp3) is 0.516. The van der Waals surface area contributed by atoms with Gasteiger partial charge < -0.3 is 19.4 Å². The van der Waals surface area contributed by atoms with E-state index in [-0.39, 0.29) is 92.8 Å². The van der Waals surface area contributed by atoms with E-state index in [1.165, 1.54) is 24.3 Å². The number of pyridine rings is 1. The van der Waals surface area contributed by atoms with Crippen molar-refractivity contribution in [1.82, 2.24) is 24.6 Å². The SMILES string of the molecule is C=CC(=O)N1CCN2C(=O)c3c(N4CC(N5CCN(C(F)(F)F)CC5)CC4(C)C)nc(-c4ccccc4F)c(F)c3OC[C@H]2C1. The molecule has 0 saturated carbocycles. The number of anilines is 1. The first-order valence-corrected chi connectivity index (χ1v) is 15.0. The van der Waals surface area contributed by atoms with Crippen LogP contribution in [0.4, 0.5) is 27.8 Å². The van der Waals surface area contributed by atoms with Crippen LogP contribution < -0.4 is 9.64 Å². The number of hydrogen-bond donors (Lipinski definition) is 0. The van der Waals surface area contributed by atoms with Crippen molar-refractivity contribution in [1.29, 1.82) is 0 Å². The number of hydrogen-bond acceptors (Lipinski definition) is 7. The molecule has 1 aromatic carbocycles. The zero-order valence-corrected chi connectivity index (χ0v) is 25.1. The number of alkyl halides is 3. The van der Waals surface area contributed by atoms with Crippen LogP contribution in [0.1, 0.15) is 30.6 Å². The summed E-state index contributed by atoms with van der Waals surface area (Å²) in [5.41, 5.74) is -1.15. The summed E-state index contributed by atoms with van der Waals surface area (Å²) in [4.78, 5) is 38.7. The van der Waals surface area contributed by atoms with Gasteiger partial charge in [-0.05, 0) is 38.5 Å². The van der Waals surface area contributed by atoms with E-state index in [4.69, 9.17) is 4.74 Å². The molecular formula is C31H35F5N6O3. The standard InChI is InChI=1S/C31H35F5N6O3/c1-4-23(43)39-11-14-41-20(16-39)18-45-27-24(29(41)44)28(37-26(25(27)33)21-7-5-6-8-22(21)32)42-17-19(15-30(42,2)3)38-9-12-40(13-10-38)31(34,35)36/h4-8,19-20H,1,9-18H2,2-3H3/t19?,20-/m1/s1. The predicted octanol–water partition coefficient (Wildman–Crippen LogP) is 3.75. The summed E-state index contributed by atoms with van der Waals surface area (Å²) < 4.78 is 77.3. The summed E-state index contributed by atoms with van der Waals surface area (Å²) in [6, 6.07) is 4.88. The van der Waals surface area contributed by atoms with E-state index in [1.54, 1.807) is 15.9 Å². The lowest BCUT2D eigenvalue weighted by molar-refractivity contribution is -0.253. The van der Waals surface area contributed by atoms with Gasteiger partial charge in [-0.1, -0.05) is 18.7 Å². The predicted molar refractivity (Wildman–Crippen MR) is 156 cm³/mol. The smallest absolute Gasteiger partial charge is 0.460 e. The summed E-state index contributed by atoms with van der Waals surface area (Å²) in [7, 11) is 0. The first-order chi connectivity index (χ1) is 21.3. The zero-order chi connectivity index (χ0) is 32.3. The lowest BCUT2D eigenvalue weighted by Crippen LogP contribution is -2.57. The average molecular weight is 635 g/mol. The van der Waals surface area contributed by atoms with Crippen molar-refractivity contribution in [3.8, 4) is 17.0 Å². The Labute approximate surface area is 257 Å². The Morgan fingerprint density at radius 2 is 1.76 bits per heavy atom. The van der Waals surface area contributed by atoms with Crippen LogP contribution in [0.3, 0.4) is 0 Å². The molecule has 2 aromatic rings. The van der Waals surface area contributed by atoms with Gasteiger partial charge >= 0.3 is 6.30 Å². The monoisotopic (exact) mass is 634 g/mol. The van der Waals surface area contributed by atoms with E-state index >= 15 is 8.78 Å². The fourth-order valence-corrected chi connectivity index (χ4v) is 6.97. The highest BCUT2D eigenvalue weighted by Crippen LogP contribution is 2.44. The minimum atomic E-state index is -4.39. The summed E-state index contributed by atoms with van der Waals surface area (Å²) >= 11 is 0. The molecule has 3 fully saturated rings. The second-order valence-electron chi connectivity index (χ2n) is 12.5. The Morgan fingerprint density at radius 1 is 1.04 bits per heavy atom. The van der Waals surface area contributed by atoms with Crippen molar-refractivity contribution in [3.63, 3.8) is 0 Å². The molecule has 0 bridgehead atoms. The van der Waals surface area contributed by atoms with Gasteiger partial charge in [0.1, 0.15) is 29.5 Å². The Balaban J connectivity index is 1.40. The largest absolute Gasteiger partial charge is 0.487 e. The van der Waals surface area contributed by atoms with Gasteiger partial charge in [0.15, 0.2) is 11.6 Å². The highest BCUT2D eigenvalue weighted by Gasteiger charge is 2.48. The first kappa shape index (κ1) is 31.2. The molecule has 0 spiro atoms. The fourth-order valence-electron chi connectivity index (χ4n) is 6.97. The molecule has 4 aliphatic heterocycles.